The van der Waals surface area contributed by atoms with Crippen molar-refractivity contribution in [3.8, 4) is 11.4 Å². The van der Waals surface area contributed by atoms with Crippen LogP contribution in [0, 0.1) is 0 Å². The molecule has 5 atom stereocenters. The minimum Gasteiger partial charge on any atom is -0.463 e. The van der Waals surface area contributed by atoms with E-state index >= 15 is 0 Å². The van der Waals surface area contributed by atoms with Crippen LogP contribution in [0.2, 0.25) is 0 Å². The maximum atomic E-state index is 12.1. The van der Waals surface area contributed by atoms with Crippen molar-refractivity contribution in [2.75, 3.05) is 6.61 Å². The van der Waals surface area contributed by atoms with E-state index in [0.717, 1.165) is 17.3 Å². The van der Waals surface area contributed by atoms with Gasteiger partial charge in [0, 0.05) is 52.2 Å². The molecular formula is C23H29N5O8S. The molecule has 0 aliphatic carbocycles. The lowest BCUT2D eigenvalue weighted by Crippen LogP contribution is -2.65. The summed E-state index contributed by atoms with van der Waals surface area (Å²) in [6, 6.07) is 2.66. The fourth-order valence-electron chi connectivity index (χ4n) is 3.87. The molecule has 1 amide bonds. The molecule has 3 rings (SSSR count). The summed E-state index contributed by atoms with van der Waals surface area (Å²) in [4.78, 5) is 51.6. The lowest BCUT2D eigenvalue weighted by molar-refractivity contribution is -0.211. The summed E-state index contributed by atoms with van der Waals surface area (Å²) in [5.41, 5.74) is -0.0833. The van der Waals surface area contributed by atoms with Gasteiger partial charge >= 0.3 is 17.9 Å². The summed E-state index contributed by atoms with van der Waals surface area (Å²) < 4.78 is 24.2. The highest BCUT2D eigenvalue weighted by Gasteiger charge is 2.51. The zero-order valence-electron chi connectivity index (χ0n) is 21.1. The number of esters is 3. The van der Waals surface area contributed by atoms with E-state index in [2.05, 4.69) is 20.5 Å². The molecule has 1 aliphatic rings. The Morgan fingerprint density at radius 3 is 2.22 bits per heavy atom. The van der Waals surface area contributed by atoms with Crippen molar-refractivity contribution in [2.45, 2.75) is 76.1 Å². The molecule has 1 saturated heterocycles. The van der Waals surface area contributed by atoms with Crippen molar-refractivity contribution in [1.82, 2.24) is 25.1 Å². The van der Waals surface area contributed by atoms with Crippen molar-refractivity contribution in [3.05, 3.63) is 24.5 Å². The van der Waals surface area contributed by atoms with Gasteiger partial charge < -0.3 is 28.8 Å². The van der Waals surface area contributed by atoms with Crippen molar-refractivity contribution >= 4 is 35.6 Å². The van der Waals surface area contributed by atoms with Crippen LogP contribution in [0.4, 0.5) is 0 Å². The molecule has 1 fully saturated rings. The molecule has 0 unspecified atom stereocenters. The number of ether oxygens (including phenoxy) is 4. The number of rotatable bonds is 9. The molecular weight excluding hydrogens is 506 g/mol. The highest BCUT2D eigenvalue weighted by Crippen LogP contribution is 2.36. The predicted octanol–water partition coefficient (Wildman–Crippen LogP) is 1.11. The first-order valence-electron chi connectivity index (χ1n) is 11.5. The van der Waals surface area contributed by atoms with Gasteiger partial charge in [0.05, 0.1) is 0 Å². The zero-order chi connectivity index (χ0) is 27.1. The Labute approximate surface area is 217 Å². The van der Waals surface area contributed by atoms with Gasteiger partial charge in [0.2, 0.25) is 5.91 Å². The fraction of sp³-hybridized carbons (Fsp3) is 0.522. The number of hydrogen-bond donors (Lipinski definition) is 1. The van der Waals surface area contributed by atoms with Gasteiger partial charge in [-0.3, -0.25) is 24.2 Å². The van der Waals surface area contributed by atoms with E-state index in [4.69, 9.17) is 18.9 Å². The summed E-state index contributed by atoms with van der Waals surface area (Å²) in [5.74, 6) is -1.73. The number of nitrogens with one attached hydrogen (secondary N) is 1. The van der Waals surface area contributed by atoms with Gasteiger partial charge in [0.25, 0.3) is 0 Å². The molecule has 14 heteroatoms. The molecule has 0 spiro atoms. The topological polar surface area (TPSA) is 161 Å². The third-order valence-electron chi connectivity index (χ3n) is 5.26. The third-order valence-corrected chi connectivity index (χ3v) is 6.41. The largest absolute Gasteiger partial charge is 0.463 e. The lowest BCUT2D eigenvalue weighted by atomic mass is 9.97. The molecule has 2 aromatic rings. The third kappa shape index (κ3) is 7.26. The summed E-state index contributed by atoms with van der Waals surface area (Å²) >= 11 is 1.14. The van der Waals surface area contributed by atoms with Crippen LogP contribution >= 0.6 is 11.8 Å². The second kappa shape index (κ2) is 12.6. The Morgan fingerprint density at radius 2 is 1.65 bits per heavy atom. The normalized spacial score (nSPS) is 23.1. The van der Waals surface area contributed by atoms with Crippen molar-refractivity contribution < 1.29 is 38.1 Å². The molecule has 3 heterocycles. The molecule has 0 radical (unpaired) electrons. The van der Waals surface area contributed by atoms with Gasteiger partial charge in [-0.05, 0) is 19.1 Å². The number of hydrogen-bond acceptors (Lipinski definition) is 12. The van der Waals surface area contributed by atoms with Gasteiger partial charge in [0.1, 0.15) is 24.2 Å². The van der Waals surface area contributed by atoms with Gasteiger partial charge in [-0.2, -0.15) is 0 Å². The number of amides is 1. The SMILES string of the molecule is CCn1c(S[C@@H]2O[C@H](COC(C)=O)[C@@H](OC(C)=O)[C@@H](OC(C)=O)[C@H]2NC(C)=O)nnc1-c1ccncc1. The Bertz CT molecular complexity index is 1130. The quantitative estimate of drug-likeness (QED) is 0.360. The Balaban J connectivity index is 2.02. The molecule has 0 aromatic carbocycles. The van der Waals surface area contributed by atoms with Gasteiger partial charge in [-0.15, -0.1) is 10.2 Å². The van der Waals surface area contributed by atoms with Crippen LogP contribution in [0.25, 0.3) is 11.4 Å². The van der Waals surface area contributed by atoms with E-state index in [1.54, 1.807) is 24.5 Å². The van der Waals surface area contributed by atoms with E-state index < -0.39 is 53.6 Å². The summed E-state index contributed by atoms with van der Waals surface area (Å²) in [5, 5.41) is 11.8. The van der Waals surface area contributed by atoms with Gasteiger partial charge in [0.15, 0.2) is 23.2 Å². The van der Waals surface area contributed by atoms with Gasteiger partial charge in [-0.1, -0.05) is 11.8 Å². The molecule has 13 nitrogen and oxygen atoms in total. The number of aromatic nitrogens is 4. The van der Waals surface area contributed by atoms with Crippen LogP contribution < -0.4 is 5.32 Å². The van der Waals surface area contributed by atoms with E-state index in [1.165, 1.54) is 27.7 Å². The highest BCUT2D eigenvalue weighted by molar-refractivity contribution is 7.99. The number of carbonyl (C=O) groups excluding carboxylic acids is 4. The Kier molecular flexibility index (Phi) is 9.58. The van der Waals surface area contributed by atoms with Crippen LogP contribution in [0.5, 0.6) is 0 Å². The molecule has 0 bridgehead atoms. The summed E-state index contributed by atoms with van der Waals surface area (Å²) in [7, 11) is 0. The maximum absolute atomic E-state index is 12.1. The Hall–Kier alpha value is -3.52. The van der Waals surface area contributed by atoms with E-state index in [9.17, 15) is 19.2 Å². The summed E-state index contributed by atoms with van der Waals surface area (Å²) in [6.07, 6.45) is -0.0170. The number of pyridine rings is 1. The van der Waals surface area contributed by atoms with E-state index in [1.807, 2.05) is 11.5 Å². The zero-order valence-corrected chi connectivity index (χ0v) is 21.9. The van der Waals surface area contributed by atoms with Crippen LogP contribution in [0.15, 0.2) is 29.7 Å². The van der Waals surface area contributed by atoms with Crippen LogP contribution in [0.3, 0.4) is 0 Å². The van der Waals surface area contributed by atoms with E-state index in [-0.39, 0.29) is 6.61 Å². The fourth-order valence-corrected chi connectivity index (χ4v) is 5.08. The first-order chi connectivity index (χ1) is 17.6. The van der Waals surface area contributed by atoms with Crippen molar-refractivity contribution in [1.29, 1.82) is 0 Å². The predicted molar refractivity (Wildman–Crippen MR) is 129 cm³/mol. The molecule has 0 saturated carbocycles. The van der Waals surface area contributed by atoms with Gasteiger partial charge in [-0.25, -0.2) is 0 Å². The number of thioether (sulfide) groups is 1. The first kappa shape index (κ1) is 28.1. The molecule has 2 aromatic heterocycles. The van der Waals surface area contributed by atoms with Crippen molar-refractivity contribution in [2.24, 2.45) is 0 Å². The van der Waals surface area contributed by atoms with Crippen LogP contribution in [-0.4, -0.2) is 80.0 Å². The molecule has 37 heavy (non-hydrogen) atoms. The molecule has 200 valence electrons. The lowest BCUT2D eigenvalue weighted by Gasteiger charge is -2.44. The molecule has 1 aliphatic heterocycles. The monoisotopic (exact) mass is 535 g/mol. The standard InChI is InChI=1S/C23H29N5O8S/c1-6-28-21(16-7-9-24-10-8-16)26-27-23(28)37-22-18(25-12(2)29)20(35-15(5)32)19(34-14(4)31)17(36-22)11-33-13(3)30/h7-10,17-20,22H,6,11H2,1-5H3,(H,25,29)/t17-,18-,19-,20+,22+/m1/s1. The average molecular weight is 536 g/mol. The second-order valence-electron chi connectivity index (χ2n) is 8.12. The minimum atomic E-state index is -1.16. The minimum absolute atomic E-state index is 0.280. The molecule has 1 N–H and O–H groups in total. The number of carbonyl (C=O) groups is 4. The van der Waals surface area contributed by atoms with Crippen molar-refractivity contribution in [3.63, 3.8) is 0 Å². The van der Waals surface area contributed by atoms with Crippen LogP contribution in [0.1, 0.15) is 34.6 Å². The highest BCUT2D eigenvalue weighted by atomic mass is 32.2. The number of nitrogens with zero attached hydrogens (tertiary/aromatic N) is 4. The smallest absolute Gasteiger partial charge is 0.303 e. The van der Waals surface area contributed by atoms with Crippen LogP contribution in [-0.2, 0) is 44.7 Å². The Morgan fingerprint density at radius 1 is 1.00 bits per heavy atom. The second-order valence-corrected chi connectivity index (χ2v) is 9.19. The van der Waals surface area contributed by atoms with E-state index in [0.29, 0.717) is 17.5 Å². The average Bonchev–Trinajstić information content (AvgIpc) is 3.23. The summed E-state index contributed by atoms with van der Waals surface area (Å²) in [6.45, 7) is 7.07. The first-order valence-corrected chi connectivity index (χ1v) is 12.4. The maximum Gasteiger partial charge on any atom is 0.303 e.